The van der Waals surface area contributed by atoms with Gasteiger partial charge in [-0.1, -0.05) is 63.2 Å². The van der Waals surface area contributed by atoms with Gasteiger partial charge in [0.1, 0.15) is 6.61 Å². The molecule has 0 aliphatic carbocycles. The third-order valence-corrected chi connectivity index (χ3v) is 3.83. The molecule has 0 saturated carbocycles. The van der Waals surface area contributed by atoms with Gasteiger partial charge in [0.05, 0.1) is 11.6 Å². The van der Waals surface area contributed by atoms with E-state index in [9.17, 15) is 9.59 Å². The molecule has 132 valence electrons. The number of hydrogen-bond donors (Lipinski definition) is 2. The Labute approximate surface area is 147 Å². The maximum atomic E-state index is 12.2. The first-order chi connectivity index (χ1) is 11.8. The topological polar surface area (TPSA) is 75.6 Å². The van der Waals surface area contributed by atoms with Crippen LogP contribution < -0.4 is 5.32 Å². The molecule has 0 spiro atoms. The normalized spacial score (nSPS) is 12.3. The molecule has 0 saturated heterocycles. The van der Waals surface area contributed by atoms with E-state index in [-0.39, 0.29) is 23.6 Å². The highest BCUT2D eigenvalue weighted by molar-refractivity contribution is 5.87. The van der Waals surface area contributed by atoms with Crippen LogP contribution in [0.15, 0.2) is 54.6 Å². The molecular formula is C20H23NO4. The van der Waals surface area contributed by atoms with Gasteiger partial charge in [0.25, 0.3) is 0 Å². The van der Waals surface area contributed by atoms with Crippen LogP contribution in [-0.2, 0) is 11.3 Å². The number of ether oxygens (including phenoxy) is 1. The van der Waals surface area contributed by atoms with Crippen LogP contribution in [0.5, 0.6) is 0 Å². The Balaban J connectivity index is 2.07. The fraction of sp³-hybridized carbons (Fsp3) is 0.300. The molecule has 2 aromatic rings. The number of rotatable bonds is 5. The van der Waals surface area contributed by atoms with Crippen molar-refractivity contribution in [3.05, 3.63) is 71.3 Å². The van der Waals surface area contributed by atoms with Crippen LogP contribution >= 0.6 is 0 Å². The number of carboxylic acid groups (broad SMARTS) is 1. The van der Waals surface area contributed by atoms with Crippen molar-refractivity contribution in [2.75, 3.05) is 0 Å². The molecule has 1 amide bonds. The van der Waals surface area contributed by atoms with E-state index < -0.39 is 12.1 Å². The zero-order valence-corrected chi connectivity index (χ0v) is 14.7. The van der Waals surface area contributed by atoms with Gasteiger partial charge in [0.15, 0.2) is 0 Å². The number of alkyl carbamates (subject to hydrolysis) is 1. The molecule has 0 heterocycles. The summed E-state index contributed by atoms with van der Waals surface area (Å²) in [6.45, 7) is 6.20. The Hall–Kier alpha value is -2.82. The summed E-state index contributed by atoms with van der Waals surface area (Å²) >= 11 is 0. The molecule has 1 atom stereocenters. The van der Waals surface area contributed by atoms with Crippen LogP contribution in [0, 0.1) is 5.41 Å². The molecule has 1 unspecified atom stereocenters. The molecular weight excluding hydrogens is 318 g/mol. The van der Waals surface area contributed by atoms with Crippen LogP contribution in [0.25, 0.3) is 0 Å². The van der Waals surface area contributed by atoms with Crippen LogP contribution in [0.3, 0.4) is 0 Å². The van der Waals surface area contributed by atoms with Gasteiger partial charge in [-0.05, 0) is 28.7 Å². The van der Waals surface area contributed by atoms with Crippen molar-refractivity contribution in [1.82, 2.24) is 5.32 Å². The highest BCUT2D eigenvalue weighted by Gasteiger charge is 2.28. The van der Waals surface area contributed by atoms with Gasteiger partial charge in [-0.3, -0.25) is 0 Å². The van der Waals surface area contributed by atoms with E-state index in [1.807, 2.05) is 51.1 Å². The molecule has 0 fully saturated rings. The van der Waals surface area contributed by atoms with E-state index >= 15 is 0 Å². The average molecular weight is 341 g/mol. The Bertz CT molecular complexity index is 718. The lowest BCUT2D eigenvalue weighted by Gasteiger charge is -2.31. The van der Waals surface area contributed by atoms with Crippen LogP contribution in [-0.4, -0.2) is 17.2 Å². The van der Waals surface area contributed by atoms with Crippen molar-refractivity contribution < 1.29 is 19.4 Å². The van der Waals surface area contributed by atoms with Gasteiger partial charge in [-0.15, -0.1) is 0 Å². The standard InChI is InChI=1S/C20H23NO4/c1-20(2,3)17(15-9-11-16(12-10-15)18(22)23)21-19(24)25-13-14-7-5-4-6-8-14/h4-12,17H,13H2,1-3H3,(H,21,24)(H,22,23). The van der Waals surface area contributed by atoms with Crippen molar-refractivity contribution in [2.24, 2.45) is 5.41 Å². The second-order valence-corrected chi connectivity index (χ2v) is 6.93. The van der Waals surface area contributed by atoms with Crippen molar-refractivity contribution in [1.29, 1.82) is 0 Å². The summed E-state index contributed by atoms with van der Waals surface area (Å²) in [5, 5.41) is 11.9. The summed E-state index contributed by atoms with van der Waals surface area (Å²) in [5.41, 5.74) is 1.68. The Morgan fingerprint density at radius 1 is 1.04 bits per heavy atom. The fourth-order valence-electron chi connectivity index (χ4n) is 2.50. The van der Waals surface area contributed by atoms with Crippen molar-refractivity contribution >= 4 is 12.1 Å². The summed E-state index contributed by atoms with van der Waals surface area (Å²) in [6, 6.07) is 15.7. The van der Waals surface area contributed by atoms with Gasteiger partial charge in [-0.25, -0.2) is 9.59 Å². The Kier molecular flexibility index (Phi) is 5.80. The number of carboxylic acids is 1. The number of benzene rings is 2. The fourth-order valence-corrected chi connectivity index (χ4v) is 2.50. The molecule has 0 aromatic heterocycles. The zero-order valence-electron chi connectivity index (χ0n) is 14.7. The number of carbonyl (C=O) groups excluding carboxylic acids is 1. The number of nitrogens with one attached hydrogen (secondary N) is 1. The minimum Gasteiger partial charge on any atom is -0.478 e. The van der Waals surface area contributed by atoms with Gasteiger partial charge >= 0.3 is 12.1 Å². The SMILES string of the molecule is CC(C)(C)C(NC(=O)OCc1ccccc1)c1ccc(C(=O)O)cc1. The number of carbonyl (C=O) groups is 2. The van der Waals surface area contributed by atoms with E-state index in [4.69, 9.17) is 9.84 Å². The van der Waals surface area contributed by atoms with Crippen LogP contribution in [0.2, 0.25) is 0 Å². The molecule has 2 N–H and O–H groups in total. The van der Waals surface area contributed by atoms with Crippen LogP contribution in [0.1, 0.15) is 48.3 Å². The molecule has 5 nitrogen and oxygen atoms in total. The minimum absolute atomic E-state index is 0.196. The molecule has 0 bridgehead atoms. The summed E-state index contributed by atoms with van der Waals surface area (Å²) in [6.07, 6.45) is -0.508. The van der Waals surface area contributed by atoms with Crippen molar-refractivity contribution in [2.45, 2.75) is 33.4 Å². The molecule has 25 heavy (non-hydrogen) atoms. The van der Waals surface area contributed by atoms with Gasteiger partial charge < -0.3 is 15.2 Å². The number of aromatic carboxylic acids is 1. The van der Waals surface area contributed by atoms with Gasteiger partial charge in [-0.2, -0.15) is 0 Å². The first-order valence-electron chi connectivity index (χ1n) is 8.08. The van der Waals surface area contributed by atoms with E-state index in [0.717, 1.165) is 11.1 Å². The van der Waals surface area contributed by atoms with E-state index in [1.54, 1.807) is 12.1 Å². The highest BCUT2D eigenvalue weighted by atomic mass is 16.5. The number of hydrogen-bond acceptors (Lipinski definition) is 3. The molecule has 0 aliphatic heterocycles. The minimum atomic E-state index is -0.978. The monoisotopic (exact) mass is 341 g/mol. The van der Waals surface area contributed by atoms with E-state index in [2.05, 4.69) is 5.32 Å². The van der Waals surface area contributed by atoms with Crippen molar-refractivity contribution in [3.63, 3.8) is 0 Å². The molecule has 5 heteroatoms. The smallest absolute Gasteiger partial charge is 0.407 e. The second-order valence-electron chi connectivity index (χ2n) is 6.93. The van der Waals surface area contributed by atoms with Gasteiger partial charge in [0, 0.05) is 0 Å². The van der Waals surface area contributed by atoms with Crippen molar-refractivity contribution in [3.8, 4) is 0 Å². The van der Waals surface area contributed by atoms with E-state index in [0.29, 0.717) is 0 Å². The molecule has 0 aliphatic rings. The second kappa shape index (κ2) is 7.83. The predicted octanol–water partition coefficient (Wildman–Crippen LogP) is 4.40. The summed E-state index contributed by atoms with van der Waals surface area (Å²) < 4.78 is 5.29. The lowest BCUT2D eigenvalue weighted by molar-refractivity contribution is 0.0696. The lowest BCUT2D eigenvalue weighted by atomic mass is 9.82. The van der Waals surface area contributed by atoms with E-state index in [1.165, 1.54) is 12.1 Å². The number of amides is 1. The zero-order chi connectivity index (χ0) is 18.4. The van der Waals surface area contributed by atoms with Gasteiger partial charge in [0.2, 0.25) is 0 Å². The first-order valence-corrected chi connectivity index (χ1v) is 8.08. The third kappa shape index (κ3) is 5.35. The maximum Gasteiger partial charge on any atom is 0.407 e. The maximum absolute atomic E-state index is 12.2. The summed E-state index contributed by atoms with van der Waals surface area (Å²) in [4.78, 5) is 23.2. The van der Waals surface area contributed by atoms with Crippen LogP contribution in [0.4, 0.5) is 4.79 Å². The lowest BCUT2D eigenvalue weighted by Crippen LogP contribution is -2.37. The average Bonchev–Trinajstić information content (AvgIpc) is 2.58. The summed E-state index contributed by atoms with van der Waals surface area (Å²) in [5.74, 6) is -0.978. The predicted molar refractivity (Wildman–Crippen MR) is 95.4 cm³/mol. The largest absolute Gasteiger partial charge is 0.478 e. The molecule has 2 rings (SSSR count). The molecule has 2 aromatic carbocycles. The Morgan fingerprint density at radius 2 is 1.64 bits per heavy atom. The summed E-state index contributed by atoms with van der Waals surface area (Å²) in [7, 11) is 0. The third-order valence-electron chi connectivity index (χ3n) is 3.83. The molecule has 0 radical (unpaired) electrons. The first kappa shape index (κ1) is 18.5. The highest BCUT2D eigenvalue weighted by Crippen LogP contribution is 2.33. The Morgan fingerprint density at radius 3 is 2.16 bits per heavy atom. The quantitative estimate of drug-likeness (QED) is 0.845.